The number of anilines is 4. The molecule has 2 heterocycles. The summed E-state index contributed by atoms with van der Waals surface area (Å²) >= 11 is 0. The molecule has 0 aliphatic rings. The maximum atomic E-state index is 13.4. The summed E-state index contributed by atoms with van der Waals surface area (Å²) in [5, 5.41) is 8.98. The molecule has 3 N–H and O–H groups in total. The number of hydrogen-bond donors (Lipinski definition) is 2. The van der Waals surface area contributed by atoms with Crippen molar-refractivity contribution in [2.24, 2.45) is 0 Å². The molecule has 6 nitrogen and oxygen atoms in total. The monoisotopic (exact) mass is 363 g/mol. The molecule has 4 aromatic rings. The number of ether oxygens (including phenoxy) is 1. The lowest BCUT2D eigenvalue weighted by Gasteiger charge is -2.22. The van der Waals surface area contributed by atoms with Crippen molar-refractivity contribution in [2.75, 3.05) is 17.7 Å². The SMILES string of the molecule is COc1ccc2c(N)nc(N(c3ccc(F)cc3)c3cc(C)[nH]n3)cc2c1. The van der Waals surface area contributed by atoms with Gasteiger partial charge in [0.1, 0.15) is 23.2 Å². The first kappa shape index (κ1) is 16.8. The highest BCUT2D eigenvalue weighted by Crippen LogP contribution is 2.36. The molecule has 2 aromatic carbocycles. The summed E-state index contributed by atoms with van der Waals surface area (Å²) in [4.78, 5) is 6.37. The summed E-state index contributed by atoms with van der Waals surface area (Å²) in [5.41, 5.74) is 7.82. The van der Waals surface area contributed by atoms with Gasteiger partial charge in [-0.3, -0.25) is 10.00 Å². The first-order valence-corrected chi connectivity index (χ1v) is 8.37. The van der Waals surface area contributed by atoms with Crippen molar-refractivity contribution in [3.05, 3.63) is 66.1 Å². The lowest BCUT2D eigenvalue weighted by atomic mass is 10.1. The third kappa shape index (κ3) is 3.15. The molecule has 0 aliphatic heterocycles. The number of nitrogens with one attached hydrogen (secondary N) is 1. The van der Waals surface area contributed by atoms with Gasteiger partial charge in [-0.1, -0.05) is 0 Å². The van der Waals surface area contributed by atoms with Gasteiger partial charge in [-0.05, 0) is 60.8 Å². The normalized spacial score (nSPS) is 10.9. The van der Waals surface area contributed by atoms with Gasteiger partial charge < -0.3 is 10.5 Å². The number of pyridine rings is 1. The Morgan fingerprint density at radius 3 is 2.48 bits per heavy atom. The van der Waals surface area contributed by atoms with Crippen molar-refractivity contribution < 1.29 is 9.13 Å². The number of nitrogen functional groups attached to an aromatic ring is 1. The minimum absolute atomic E-state index is 0.312. The quantitative estimate of drug-likeness (QED) is 0.559. The maximum Gasteiger partial charge on any atom is 0.160 e. The zero-order chi connectivity index (χ0) is 19.0. The van der Waals surface area contributed by atoms with Crippen LogP contribution in [0.1, 0.15) is 5.69 Å². The number of halogens is 1. The first-order valence-electron chi connectivity index (χ1n) is 8.37. The Balaban J connectivity index is 1.92. The van der Waals surface area contributed by atoms with E-state index >= 15 is 0 Å². The number of aromatic amines is 1. The largest absolute Gasteiger partial charge is 0.497 e. The van der Waals surface area contributed by atoms with E-state index in [2.05, 4.69) is 15.2 Å². The van der Waals surface area contributed by atoms with Gasteiger partial charge >= 0.3 is 0 Å². The Morgan fingerprint density at radius 2 is 1.81 bits per heavy atom. The summed E-state index contributed by atoms with van der Waals surface area (Å²) in [5.74, 6) is 2.01. The van der Waals surface area contributed by atoms with Gasteiger partial charge in [0.15, 0.2) is 5.82 Å². The van der Waals surface area contributed by atoms with E-state index in [4.69, 9.17) is 10.5 Å². The smallest absolute Gasteiger partial charge is 0.160 e. The lowest BCUT2D eigenvalue weighted by molar-refractivity contribution is 0.415. The summed E-state index contributed by atoms with van der Waals surface area (Å²) < 4.78 is 18.7. The summed E-state index contributed by atoms with van der Waals surface area (Å²) in [7, 11) is 1.62. The molecule has 4 rings (SSSR count). The third-order valence-electron chi connectivity index (χ3n) is 4.29. The van der Waals surface area contributed by atoms with Crippen molar-refractivity contribution >= 4 is 33.9 Å². The average Bonchev–Trinajstić information content (AvgIpc) is 3.09. The molecule has 0 bridgehead atoms. The number of H-pyrrole nitrogens is 1. The van der Waals surface area contributed by atoms with E-state index in [1.165, 1.54) is 12.1 Å². The molecule has 0 unspecified atom stereocenters. The van der Waals surface area contributed by atoms with Crippen molar-refractivity contribution in [3.8, 4) is 5.75 Å². The van der Waals surface area contributed by atoms with Gasteiger partial charge in [0.2, 0.25) is 0 Å². The highest BCUT2D eigenvalue weighted by Gasteiger charge is 2.18. The lowest BCUT2D eigenvalue weighted by Crippen LogP contribution is -2.13. The molecular weight excluding hydrogens is 345 g/mol. The van der Waals surface area contributed by atoms with Crippen LogP contribution in [0.2, 0.25) is 0 Å². The average molecular weight is 363 g/mol. The van der Waals surface area contributed by atoms with E-state index in [0.29, 0.717) is 17.5 Å². The molecule has 2 aromatic heterocycles. The molecule has 0 fully saturated rings. The predicted molar refractivity (Wildman–Crippen MR) is 104 cm³/mol. The van der Waals surface area contributed by atoms with E-state index in [0.717, 1.165) is 27.9 Å². The molecule has 7 heteroatoms. The van der Waals surface area contributed by atoms with Crippen LogP contribution in [0.15, 0.2) is 54.6 Å². The van der Waals surface area contributed by atoms with Gasteiger partial charge in [-0.2, -0.15) is 5.10 Å². The Kier molecular flexibility index (Phi) is 4.12. The van der Waals surface area contributed by atoms with Crippen LogP contribution in [0.4, 0.5) is 27.5 Å². The minimum atomic E-state index is -0.312. The Labute approximate surface area is 155 Å². The van der Waals surface area contributed by atoms with Crippen LogP contribution in [0.25, 0.3) is 10.8 Å². The van der Waals surface area contributed by atoms with Gasteiger partial charge in [0.05, 0.1) is 7.11 Å². The first-order chi connectivity index (χ1) is 13.0. The number of rotatable bonds is 4. The van der Waals surface area contributed by atoms with E-state index in [1.807, 2.05) is 42.2 Å². The standard InChI is InChI=1S/C20H18FN5O/c1-12-9-19(25-24-12)26(15-5-3-14(21)4-6-15)18-11-13-10-16(27-2)7-8-17(13)20(22)23-18/h3-11H,1-2H3,(H2,22,23)(H,24,25). The van der Waals surface area contributed by atoms with Crippen molar-refractivity contribution in [1.82, 2.24) is 15.2 Å². The number of aromatic nitrogens is 3. The van der Waals surface area contributed by atoms with E-state index in [-0.39, 0.29) is 5.82 Å². The Bertz CT molecular complexity index is 1110. The summed E-state index contributed by atoms with van der Waals surface area (Å²) in [6.07, 6.45) is 0. The second-order valence-electron chi connectivity index (χ2n) is 6.17. The van der Waals surface area contributed by atoms with Gasteiger partial charge in [0, 0.05) is 22.8 Å². The number of benzene rings is 2. The van der Waals surface area contributed by atoms with E-state index < -0.39 is 0 Å². The zero-order valence-corrected chi connectivity index (χ0v) is 14.9. The second kappa shape index (κ2) is 6.60. The van der Waals surface area contributed by atoms with Crippen LogP contribution < -0.4 is 15.4 Å². The molecule has 0 amide bonds. The van der Waals surface area contributed by atoms with Gasteiger partial charge in [0.25, 0.3) is 0 Å². The zero-order valence-electron chi connectivity index (χ0n) is 14.9. The van der Waals surface area contributed by atoms with Gasteiger partial charge in [-0.25, -0.2) is 9.37 Å². The summed E-state index contributed by atoms with van der Waals surface area (Å²) in [6, 6.07) is 15.6. The van der Waals surface area contributed by atoms with E-state index in [9.17, 15) is 4.39 Å². The molecule has 0 radical (unpaired) electrons. The van der Waals surface area contributed by atoms with Crippen molar-refractivity contribution in [2.45, 2.75) is 6.92 Å². The van der Waals surface area contributed by atoms with Crippen LogP contribution in [-0.2, 0) is 0 Å². The van der Waals surface area contributed by atoms with Crippen molar-refractivity contribution in [1.29, 1.82) is 0 Å². The second-order valence-corrected chi connectivity index (χ2v) is 6.17. The maximum absolute atomic E-state index is 13.4. The molecule has 0 saturated heterocycles. The topological polar surface area (TPSA) is 80.1 Å². The van der Waals surface area contributed by atoms with Crippen molar-refractivity contribution in [3.63, 3.8) is 0 Å². The number of aryl methyl sites for hydroxylation is 1. The molecule has 0 aliphatic carbocycles. The molecule has 0 saturated carbocycles. The fraction of sp³-hybridized carbons (Fsp3) is 0.100. The highest BCUT2D eigenvalue weighted by molar-refractivity contribution is 5.95. The number of fused-ring (bicyclic) bond motifs is 1. The fourth-order valence-corrected chi connectivity index (χ4v) is 2.98. The number of hydrogen-bond acceptors (Lipinski definition) is 5. The number of methoxy groups -OCH3 is 1. The van der Waals surface area contributed by atoms with Crippen LogP contribution in [0.3, 0.4) is 0 Å². The molecule has 0 spiro atoms. The Hall–Kier alpha value is -3.61. The number of nitrogens with two attached hydrogens (primary N) is 1. The van der Waals surface area contributed by atoms with Gasteiger partial charge in [-0.15, -0.1) is 0 Å². The fourth-order valence-electron chi connectivity index (χ4n) is 2.98. The molecule has 136 valence electrons. The molecule has 0 atom stereocenters. The van der Waals surface area contributed by atoms with Crippen LogP contribution in [0, 0.1) is 12.7 Å². The Morgan fingerprint density at radius 1 is 1.04 bits per heavy atom. The van der Waals surface area contributed by atoms with E-state index in [1.54, 1.807) is 19.2 Å². The summed E-state index contributed by atoms with van der Waals surface area (Å²) in [6.45, 7) is 1.91. The van der Waals surface area contributed by atoms with Crippen LogP contribution >= 0.6 is 0 Å². The molecular formula is C20H18FN5O. The van der Waals surface area contributed by atoms with Crippen LogP contribution in [0.5, 0.6) is 5.75 Å². The van der Waals surface area contributed by atoms with Crippen LogP contribution in [-0.4, -0.2) is 22.3 Å². The highest BCUT2D eigenvalue weighted by atomic mass is 19.1. The number of nitrogens with zero attached hydrogens (tertiary/aromatic N) is 3. The minimum Gasteiger partial charge on any atom is -0.497 e. The molecule has 27 heavy (non-hydrogen) atoms. The predicted octanol–water partition coefficient (Wildman–Crippen LogP) is 4.47. The third-order valence-corrected chi connectivity index (χ3v) is 4.29.